The number of benzene rings is 1. The van der Waals surface area contributed by atoms with Crippen molar-refractivity contribution in [1.82, 2.24) is 24.0 Å². The Morgan fingerprint density at radius 2 is 1.88 bits per heavy atom. The molecule has 17 heteroatoms. The van der Waals surface area contributed by atoms with Crippen molar-refractivity contribution in [1.29, 1.82) is 0 Å². The predicted molar refractivity (Wildman–Crippen MR) is 220 cm³/mol. The minimum atomic E-state index is -4.54. The molecule has 4 aliphatic heterocycles. The zero-order valence-electron chi connectivity index (χ0n) is 33.8. The first kappa shape index (κ1) is 39.9. The number of aryl methyl sites for hydroxylation is 1. The molecule has 3 aromatic heterocycles. The van der Waals surface area contributed by atoms with Crippen molar-refractivity contribution in [3.63, 3.8) is 0 Å². The molecule has 4 aromatic rings. The van der Waals surface area contributed by atoms with Gasteiger partial charge in [0.1, 0.15) is 17.6 Å². The average molecular weight is 828 g/mol. The van der Waals surface area contributed by atoms with Crippen LogP contribution < -0.4 is 26.0 Å². The molecule has 1 aliphatic carbocycles. The van der Waals surface area contributed by atoms with Crippen molar-refractivity contribution in [3.05, 3.63) is 88.2 Å². The number of pyridine rings is 1. The van der Waals surface area contributed by atoms with E-state index in [1.165, 1.54) is 45.3 Å². The van der Waals surface area contributed by atoms with E-state index in [1.807, 2.05) is 6.07 Å². The molecule has 316 valence electrons. The van der Waals surface area contributed by atoms with Gasteiger partial charge in [-0.15, -0.1) is 0 Å². The molecule has 7 heterocycles. The van der Waals surface area contributed by atoms with Gasteiger partial charge in [-0.25, -0.2) is 9.97 Å². The Morgan fingerprint density at radius 3 is 2.58 bits per heavy atom. The quantitative estimate of drug-likeness (QED) is 0.197. The van der Waals surface area contributed by atoms with Crippen molar-refractivity contribution in [2.75, 3.05) is 59.8 Å². The maximum absolute atomic E-state index is 14.8. The van der Waals surface area contributed by atoms with Crippen LogP contribution in [-0.2, 0) is 42.6 Å². The van der Waals surface area contributed by atoms with Crippen molar-refractivity contribution >= 4 is 40.5 Å². The summed E-state index contributed by atoms with van der Waals surface area (Å²) in [6.07, 6.45) is 1.81. The third kappa shape index (κ3) is 6.95. The zero-order chi connectivity index (χ0) is 42.3. The number of aromatic nitrogens is 4. The fraction of sp³-hybridized carbons (Fsp3) is 0.465. The molecular weight excluding hydrogens is 780 g/mol. The monoisotopic (exact) mass is 827 g/mol. The second kappa shape index (κ2) is 14.6. The van der Waals surface area contributed by atoms with E-state index in [2.05, 4.69) is 50.5 Å². The number of hydrogen-bond donors (Lipinski definition) is 3. The number of amides is 2. The van der Waals surface area contributed by atoms with Crippen LogP contribution in [0.15, 0.2) is 60.2 Å². The molecule has 1 aromatic carbocycles. The molecule has 0 saturated carbocycles. The third-order valence-electron chi connectivity index (χ3n) is 12.9. The molecule has 3 saturated heterocycles. The first-order valence-corrected chi connectivity index (χ1v) is 20.3. The first-order valence-electron chi connectivity index (χ1n) is 20.3. The largest absolute Gasteiger partial charge is 0.408 e. The van der Waals surface area contributed by atoms with Crippen LogP contribution in [0.4, 0.5) is 41.9 Å². The highest BCUT2D eigenvalue weighted by Gasteiger charge is 2.57. The number of rotatable bonds is 9. The fourth-order valence-electron chi connectivity index (χ4n) is 9.84. The van der Waals surface area contributed by atoms with Crippen LogP contribution >= 0.6 is 0 Å². The lowest BCUT2D eigenvalue weighted by atomic mass is 9.68. The summed E-state index contributed by atoms with van der Waals surface area (Å²) in [6, 6.07) is 6.63. The van der Waals surface area contributed by atoms with Crippen molar-refractivity contribution in [3.8, 4) is 11.3 Å². The molecule has 60 heavy (non-hydrogen) atoms. The van der Waals surface area contributed by atoms with E-state index in [4.69, 9.17) is 4.74 Å². The molecule has 2 amide bonds. The summed E-state index contributed by atoms with van der Waals surface area (Å²) in [5, 5.41) is 16.5. The number of carbonyl (C=O) groups is 2. The summed E-state index contributed by atoms with van der Waals surface area (Å²) in [7, 11) is 1.54. The highest BCUT2D eigenvalue weighted by atomic mass is 19.4. The number of carbonyl (C=O) groups excluding carboxylic acids is 2. The van der Waals surface area contributed by atoms with Gasteiger partial charge in [-0.05, 0) is 78.5 Å². The number of alkyl halides is 3. The topological polar surface area (TPSA) is 150 Å². The van der Waals surface area contributed by atoms with Crippen molar-refractivity contribution < 1.29 is 32.6 Å². The van der Waals surface area contributed by atoms with Crippen LogP contribution in [0.2, 0.25) is 0 Å². The minimum Gasteiger partial charge on any atom is -0.392 e. The summed E-state index contributed by atoms with van der Waals surface area (Å²) < 4.78 is 53.2. The fourth-order valence-corrected chi connectivity index (χ4v) is 9.84. The van der Waals surface area contributed by atoms with Gasteiger partial charge in [-0.2, -0.15) is 13.2 Å². The van der Waals surface area contributed by atoms with Gasteiger partial charge in [0.15, 0.2) is 5.82 Å². The number of hydrogen-bond acceptors (Lipinski definition) is 10. The van der Waals surface area contributed by atoms with Crippen LogP contribution in [0, 0.1) is 10.8 Å². The minimum absolute atomic E-state index is 0.0749. The summed E-state index contributed by atoms with van der Waals surface area (Å²) in [6.45, 7) is 10.9. The molecule has 0 unspecified atom stereocenters. The smallest absolute Gasteiger partial charge is 0.392 e. The second-order valence-electron chi connectivity index (χ2n) is 17.7. The molecule has 1 spiro atoms. The number of anilines is 5. The summed E-state index contributed by atoms with van der Waals surface area (Å²) in [5.74, 6) is -0.655. The lowest BCUT2D eigenvalue weighted by molar-refractivity contribution is -0.184. The number of piperidine rings is 1. The Hall–Kier alpha value is -5.52. The Bertz CT molecular complexity index is 2470. The number of nitrogens with zero attached hydrogens (tertiary/aromatic N) is 7. The summed E-state index contributed by atoms with van der Waals surface area (Å²) >= 11 is 0. The van der Waals surface area contributed by atoms with Crippen molar-refractivity contribution in [2.24, 2.45) is 17.9 Å². The average Bonchev–Trinajstić information content (AvgIpc) is 3.67. The van der Waals surface area contributed by atoms with E-state index >= 15 is 0 Å². The highest BCUT2D eigenvalue weighted by Crippen LogP contribution is 2.50. The zero-order valence-corrected chi connectivity index (χ0v) is 33.8. The van der Waals surface area contributed by atoms with Gasteiger partial charge < -0.3 is 34.5 Å². The van der Waals surface area contributed by atoms with Crippen LogP contribution in [0.3, 0.4) is 0 Å². The van der Waals surface area contributed by atoms with Crippen molar-refractivity contribution in [2.45, 2.75) is 70.9 Å². The van der Waals surface area contributed by atoms with Crippen LogP contribution in [0.5, 0.6) is 0 Å². The van der Waals surface area contributed by atoms with Gasteiger partial charge in [-0.1, -0.05) is 20.4 Å². The Balaban J connectivity index is 1.00. The standard InChI is InChI=1S/C43H48F3N9O5/c1-5-36(57)49-30-15-26(6-7-32(30)54-11-9-42(18-35(54)43(44,45)46)23-52(24-42)27-21-60-22-27)48-37-40(59)51(4)19-31(50-37)28-8-10-47-38(29(28)20-56)55-13-12-53-33(39(55)58)14-25-16-41(2,3)17-34(25)53/h5-8,10,14-15,19,27,35,56H,1,9,11-13,16-18,20-24H2,2-4H3,(H,48,50)(H,49,57)/t35-/m1/s1. The molecule has 0 radical (unpaired) electrons. The lowest BCUT2D eigenvalue weighted by Crippen LogP contribution is -2.69. The molecule has 3 fully saturated rings. The number of aliphatic hydroxyl groups excluding tert-OH is 1. The summed E-state index contributed by atoms with van der Waals surface area (Å²) in [4.78, 5) is 54.5. The number of ether oxygens (including phenoxy) is 1. The van der Waals surface area contributed by atoms with E-state index in [-0.39, 0.29) is 53.2 Å². The normalized spacial score (nSPS) is 21.0. The van der Waals surface area contributed by atoms with E-state index < -0.39 is 35.7 Å². The Kier molecular flexibility index (Phi) is 9.71. The van der Waals surface area contributed by atoms with E-state index in [9.17, 15) is 32.7 Å². The maximum Gasteiger partial charge on any atom is 0.408 e. The number of nitrogens with one attached hydrogen (secondary N) is 2. The Labute approximate surface area is 344 Å². The van der Waals surface area contributed by atoms with Gasteiger partial charge in [0.05, 0.1) is 42.9 Å². The number of fused-ring (bicyclic) bond motifs is 3. The van der Waals surface area contributed by atoms with Crippen LogP contribution in [0.25, 0.3) is 11.3 Å². The van der Waals surface area contributed by atoms with Gasteiger partial charge in [-0.3, -0.25) is 24.2 Å². The van der Waals surface area contributed by atoms with Crippen LogP contribution in [-0.4, -0.2) is 98.6 Å². The van der Waals surface area contributed by atoms with E-state index in [1.54, 1.807) is 24.1 Å². The molecule has 3 N–H and O–H groups in total. The van der Waals surface area contributed by atoms with Gasteiger partial charge >= 0.3 is 6.18 Å². The predicted octanol–water partition coefficient (Wildman–Crippen LogP) is 5.02. The maximum atomic E-state index is 14.8. The molecule has 0 bridgehead atoms. The third-order valence-corrected chi connectivity index (χ3v) is 12.9. The SMILES string of the molecule is C=CC(=O)Nc1cc(Nc2nc(-c3ccnc(N4CCn5c(cc6c5CC(C)(C)C6)C4=O)c3CO)cn(C)c2=O)ccc1N1CCC2(C[C@@H]1C(F)(F)F)CN(C1COC1)C2. The van der Waals surface area contributed by atoms with Gasteiger partial charge in [0, 0.05) is 74.7 Å². The molecule has 14 nitrogen and oxygen atoms in total. The highest BCUT2D eigenvalue weighted by molar-refractivity contribution is 6.06. The molecule has 9 rings (SSSR count). The lowest BCUT2D eigenvalue weighted by Gasteiger charge is -2.59. The van der Waals surface area contributed by atoms with Crippen LogP contribution in [0.1, 0.15) is 54.0 Å². The molecular formula is C43H48F3N9O5. The van der Waals surface area contributed by atoms with Gasteiger partial charge in [0.2, 0.25) is 5.91 Å². The Morgan fingerprint density at radius 1 is 1.10 bits per heavy atom. The van der Waals surface area contributed by atoms with Gasteiger partial charge in [0.25, 0.3) is 11.5 Å². The number of likely N-dealkylation sites (tertiary alicyclic amines) is 1. The second-order valence-corrected chi connectivity index (χ2v) is 17.7. The summed E-state index contributed by atoms with van der Waals surface area (Å²) in [5.41, 5.74) is 3.81. The molecule has 5 aliphatic rings. The number of aliphatic hydroxyl groups is 1. The number of halogens is 3. The first-order chi connectivity index (χ1) is 28.6. The molecule has 1 atom stereocenters. The van der Waals surface area contributed by atoms with E-state index in [0.717, 1.165) is 18.9 Å². The van der Waals surface area contributed by atoms with E-state index in [0.29, 0.717) is 74.1 Å².